The summed E-state index contributed by atoms with van der Waals surface area (Å²) in [5.74, 6) is -0.510. The molecule has 1 heterocycles. The molecule has 0 unspecified atom stereocenters. The van der Waals surface area contributed by atoms with E-state index in [1.165, 1.54) is 12.1 Å². The number of rotatable bonds is 3. The fourth-order valence-corrected chi connectivity index (χ4v) is 2.25. The first-order valence-corrected chi connectivity index (χ1v) is 6.58. The Morgan fingerprint density at radius 3 is 2.81 bits per heavy atom. The van der Waals surface area contributed by atoms with Gasteiger partial charge in [-0.3, -0.25) is 15.2 Å². The monoisotopic (exact) mass is 351 g/mol. The molecule has 3 aromatic rings. The summed E-state index contributed by atoms with van der Waals surface area (Å²) in [7, 11) is 0. The number of fused-ring (bicyclic) bond motifs is 1. The Labute approximate surface area is 125 Å². The van der Waals surface area contributed by atoms with Gasteiger partial charge in [-0.15, -0.1) is 0 Å². The van der Waals surface area contributed by atoms with Crippen molar-refractivity contribution in [1.29, 1.82) is 0 Å². The van der Waals surface area contributed by atoms with Crippen LogP contribution < -0.4 is 4.74 Å². The zero-order valence-corrected chi connectivity index (χ0v) is 11.9. The predicted octanol–water partition coefficient (Wildman–Crippen LogP) is 4.17. The van der Waals surface area contributed by atoms with Crippen LogP contribution in [0.2, 0.25) is 0 Å². The molecule has 0 atom stereocenters. The van der Waals surface area contributed by atoms with E-state index in [4.69, 9.17) is 4.74 Å². The Kier molecular flexibility index (Phi) is 3.30. The van der Waals surface area contributed by atoms with Gasteiger partial charge in [0, 0.05) is 11.5 Å². The summed E-state index contributed by atoms with van der Waals surface area (Å²) in [5.41, 5.74) is 0.475. The van der Waals surface area contributed by atoms with Crippen LogP contribution >= 0.6 is 15.9 Å². The van der Waals surface area contributed by atoms with Crippen molar-refractivity contribution in [3.05, 3.63) is 56.9 Å². The summed E-state index contributed by atoms with van der Waals surface area (Å²) in [6.07, 6.45) is 1.61. The molecule has 8 heteroatoms. The normalized spacial score (nSPS) is 10.8. The average Bonchev–Trinajstić information content (AvgIpc) is 2.88. The van der Waals surface area contributed by atoms with Crippen molar-refractivity contribution >= 4 is 32.5 Å². The summed E-state index contributed by atoms with van der Waals surface area (Å²) in [6, 6.07) is 6.66. The number of nitro groups is 1. The Balaban J connectivity index is 1.98. The zero-order chi connectivity index (χ0) is 15.0. The lowest BCUT2D eigenvalue weighted by Gasteiger charge is -2.08. The average molecular weight is 352 g/mol. The highest BCUT2D eigenvalue weighted by molar-refractivity contribution is 9.10. The van der Waals surface area contributed by atoms with E-state index in [1.54, 1.807) is 18.3 Å². The molecule has 6 nitrogen and oxygen atoms in total. The van der Waals surface area contributed by atoms with E-state index >= 15 is 0 Å². The topological polar surface area (TPSA) is 81.1 Å². The largest absolute Gasteiger partial charge is 0.453 e. The number of ether oxygens (including phenoxy) is 1. The Bertz CT molecular complexity index is 850. The van der Waals surface area contributed by atoms with Gasteiger partial charge in [-0.2, -0.15) is 5.10 Å². The maximum absolute atomic E-state index is 13.8. The van der Waals surface area contributed by atoms with E-state index in [9.17, 15) is 14.5 Å². The summed E-state index contributed by atoms with van der Waals surface area (Å²) in [6.45, 7) is 0. The fraction of sp³-hybridized carbons (Fsp3) is 0. The van der Waals surface area contributed by atoms with Crippen molar-refractivity contribution in [2.45, 2.75) is 0 Å². The molecule has 21 heavy (non-hydrogen) atoms. The van der Waals surface area contributed by atoms with Crippen molar-refractivity contribution in [3.63, 3.8) is 0 Å². The number of H-pyrrole nitrogens is 1. The van der Waals surface area contributed by atoms with Gasteiger partial charge in [0.1, 0.15) is 5.75 Å². The molecule has 1 N–H and O–H groups in total. The molecule has 0 aliphatic rings. The molecule has 0 bridgehead atoms. The van der Waals surface area contributed by atoms with Crippen molar-refractivity contribution in [3.8, 4) is 11.5 Å². The highest BCUT2D eigenvalue weighted by Crippen LogP contribution is 2.34. The number of nitrogens with one attached hydrogen (secondary N) is 1. The molecular weight excluding hydrogens is 345 g/mol. The Morgan fingerprint density at radius 1 is 1.29 bits per heavy atom. The minimum Gasteiger partial charge on any atom is -0.453 e. The van der Waals surface area contributed by atoms with Gasteiger partial charge in [0.25, 0.3) is 5.69 Å². The molecule has 0 amide bonds. The SMILES string of the molecule is O=[N+]([O-])c1ccc(Oc2cc3cn[nH]c3cc2Br)c(F)c1. The standard InChI is InChI=1S/C13H7BrFN3O3/c14-9-5-11-7(6-16-17-11)3-13(9)21-12-2-1-8(18(19)20)4-10(12)15/h1-6H,(H,16,17). The highest BCUT2D eigenvalue weighted by Gasteiger charge is 2.14. The molecule has 0 spiro atoms. The molecule has 0 saturated heterocycles. The van der Waals surface area contributed by atoms with Crippen LogP contribution in [0.25, 0.3) is 10.9 Å². The summed E-state index contributed by atoms with van der Waals surface area (Å²) in [4.78, 5) is 9.91. The lowest BCUT2D eigenvalue weighted by Crippen LogP contribution is -1.93. The number of nitrogens with zero attached hydrogens (tertiary/aromatic N) is 2. The van der Waals surface area contributed by atoms with Crippen LogP contribution in [0, 0.1) is 15.9 Å². The minimum atomic E-state index is -0.802. The van der Waals surface area contributed by atoms with Crippen molar-refractivity contribution in [2.75, 3.05) is 0 Å². The minimum absolute atomic E-state index is 0.0934. The van der Waals surface area contributed by atoms with E-state index < -0.39 is 10.7 Å². The zero-order valence-electron chi connectivity index (χ0n) is 10.3. The van der Waals surface area contributed by atoms with Gasteiger partial charge in [-0.05, 0) is 34.1 Å². The smallest absolute Gasteiger partial charge is 0.272 e. The van der Waals surface area contributed by atoms with Crippen molar-refractivity contribution < 1.29 is 14.1 Å². The third kappa shape index (κ3) is 2.57. The van der Waals surface area contributed by atoms with Crippen molar-refractivity contribution in [1.82, 2.24) is 10.2 Å². The molecule has 0 aliphatic carbocycles. The van der Waals surface area contributed by atoms with Gasteiger partial charge in [0.15, 0.2) is 11.6 Å². The van der Waals surface area contributed by atoms with Gasteiger partial charge in [-0.25, -0.2) is 4.39 Å². The Hall–Kier alpha value is -2.48. The van der Waals surface area contributed by atoms with E-state index in [0.29, 0.717) is 10.2 Å². The second-order valence-corrected chi connectivity index (χ2v) is 5.07. The van der Waals surface area contributed by atoms with Crippen LogP contribution in [-0.2, 0) is 0 Å². The van der Waals surface area contributed by atoms with Crippen LogP contribution in [0.15, 0.2) is 41.0 Å². The molecule has 0 saturated carbocycles. The first kappa shape index (κ1) is 13.5. The number of nitro benzene ring substituents is 1. The van der Waals surface area contributed by atoms with E-state index in [0.717, 1.165) is 17.0 Å². The highest BCUT2D eigenvalue weighted by atomic mass is 79.9. The number of aromatic amines is 1. The lowest BCUT2D eigenvalue weighted by atomic mass is 10.2. The fourth-order valence-electron chi connectivity index (χ4n) is 1.83. The molecule has 0 aliphatic heterocycles. The second kappa shape index (κ2) is 5.13. The number of hydrogen-bond acceptors (Lipinski definition) is 4. The van der Waals surface area contributed by atoms with Gasteiger partial charge >= 0.3 is 0 Å². The maximum Gasteiger partial charge on any atom is 0.272 e. The first-order valence-electron chi connectivity index (χ1n) is 5.79. The van der Waals surface area contributed by atoms with E-state index in [2.05, 4.69) is 26.1 Å². The van der Waals surface area contributed by atoms with Crippen LogP contribution in [-0.4, -0.2) is 15.1 Å². The molecule has 2 aromatic carbocycles. The predicted molar refractivity (Wildman–Crippen MR) is 76.9 cm³/mol. The van der Waals surface area contributed by atoms with Gasteiger partial charge in [0.2, 0.25) is 0 Å². The molecule has 106 valence electrons. The van der Waals surface area contributed by atoms with Crippen LogP contribution in [0.4, 0.5) is 10.1 Å². The number of halogens is 2. The molecule has 3 rings (SSSR count). The third-order valence-corrected chi connectivity index (χ3v) is 3.46. The van der Waals surface area contributed by atoms with Crippen LogP contribution in [0.3, 0.4) is 0 Å². The molecule has 1 aromatic heterocycles. The summed E-state index contributed by atoms with van der Waals surface area (Å²) < 4.78 is 19.9. The summed E-state index contributed by atoms with van der Waals surface area (Å²) >= 11 is 3.32. The van der Waals surface area contributed by atoms with Gasteiger partial charge < -0.3 is 4.74 Å². The number of aromatic nitrogens is 2. The lowest BCUT2D eigenvalue weighted by molar-refractivity contribution is -0.385. The quantitative estimate of drug-likeness (QED) is 0.567. The van der Waals surface area contributed by atoms with Crippen LogP contribution in [0.5, 0.6) is 11.5 Å². The number of benzene rings is 2. The molecule has 0 radical (unpaired) electrons. The van der Waals surface area contributed by atoms with Gasteiger partial charge in [0.05, 0.1) is 27.2 Å². The van der Waals surface area contributed by atoms with Crippen LogP contribution in [0.1, 0.15) is 0 Å². The summed E-state index contributed by atoms with van der Waals surface area (Å²) in [5, 5.41) is 18.1. The Morgan fingerprint density at radius 2 is 2.10 bits per heavy atom. The van der Waals surface area contributed by atoms with E-state index in [-0.39, 0.29) is 11.4 Å². The number of non-ortho nitro benzene ring substituents is 1. The van der Waals surface area contributed by atoms with Gasteiger partial charge in [-0.1, -0.05) is 0 Å². The second-order valence-electron chi connectivity index (χ2n) is 4.21. The molecular formula is C13H7BrFN3O3. The van der Waals surface area contributed by atoms with E-state index in [1.807, 2.05) is 0 Å². The molecule has 0 fully saturated rings. The first-order chi connectivity index (χ1) is 10.0. The van der Waals surface area contributed by atoms with Crippen molar-refractivity contribution in [2.24, 2.45) is 0 Å². The maximum atomic E-state index is 13.8. The third-order valence-electron chi connectivity index (χ3n) is 2.84. The number of hydrogen-bond donors (Lipinski definition) is 1.